The lowest BCUT2D eigenvalue weighted by Gasteiger charge is -2.27. The summed E-state index contributed by atoms with van der Waals surface area (Å²) in [6.45, 7) is 1.30. The maximum absolute atomic E-state index is 13.0. The summed E-state index contributed by atoms with van der Waals surface area (Å²) >= 11 is 6.62. The minimum Gasteiger partial charge on any atom is -0.462 e. The number of hydrogen-bond acceptors (Lipinski definition) is 4. The highest BCUT2D eigenvalue weighted by atomic mass is 32.1. The van der Waals surface area contributed by atoms with Gasteiger partial charge in [-0.1, -0.05) is 6.07 Å². The zero-order valence-corrected chi connectivity index (χ0v) is 13.3. The molecular weight excluding hydrogens is 311 g/mol. The van der Waals surface area contributed by atoms with Crippen LogP contribution in [0, 0.1) is 0 Å². The molecule has 7 heteroatoms. The van der Waals surface area contributed by atoms with Crippen LogP contribution < -0.4 is 10.6 Å². The molecule has 2 rings (SSSR count). The van der Waals surface area contributed by atoms with Crippen molar-refractivity contribution in [3.05, 3.63) is 33.7 Å². The van der Waals surface area contributed by atoms with Crippen LogP contribution in [0.2, 0.25) is 0 Å². The van der Waals surface area contributed by atoms with Crippen LogP contribution in [0.3, 0.4) is 0 Å². The summed E-state index contributed by atoms with van der Waals surface area (Å²) in [7, 11) is 0. The number of thiocarbonyl (C=S) groups is 1. The van der Waals surface area contributed by atoms with Crippen molar-refractivity contribution in [3.63, 3.8) is 0 Å². The Labute approximate surface area is 132 Å². The Morgan fingerprint density at radius 3 is 3.05 bits per heavy atom. The van der Waals surface area contributed by atoms with Gasteiger partial charge in [-0.25, -0.2) is 9.18 Å². The van der Waals surface area contributed by atoms with E-state index in [1.807, 2.05) is 17.5 Å². The Morgan fingerprint density at radius 2 is 2.38 bits per heavy atom. The zero-order chi connectivity index (χ0) is 15.2. The topological polar surface area (TPSA) is 50.4 Å². The highest BCUT2D eigenvalue weighted by molar-refractivity contribution is 7.80. The molecule has 1 aromatic rings. The molecule has 1 atom stereocenters. The van der Waals surface area contributed by atoms with E-state index in [1.54, 1.807) is 18.3 Å². The normalized spacial score (nSPS) is 18.2. The van der Waals surface area contributed by atoms with E-state index in [4.69, 9.17) is 17.0 Å². The molecule has 0 bridgehead atoms. The lowest BCUT2D eigenvalue weighted by atomic mass is 10.0. The van der Waals surface area contributed by atoms with E-state index in [1.165, 1.54) is 4.88 Å². The van der Waals surface area contributed by atoms with Crippen LogP contribution in [0.15, 0.2) is 28.8 Å². The molecule has 1 aliphatic heterocycles. The van der Waals surface area contributed by atoms with Crippen LogP contribution in [0.5, 0.6) is 0 Å². The first-order chi connectivity index (χ1) is 10.1. The Balaban J connectivity index is 1.86. The molecule has 1 aliphatic rings. The van der Waals surface area contributed by atoms with Crippen molar-refractivity contribution < 1.29 is 13.9 Å². The standard InChI is InChI=1S/C14H17FN2O2S2/c1-9-12(11(8-15)17-14(20)16-9)13(18)19-6-2-4-10-5-3-7-21-10/h3,5,7,11H,2,4,6,8H2,1H3,(H2,16,17,20). The number of nitrogens with one attached hydrogen (secondary N) is 2. The first-order valence-corrected chi connectivity index (χ1v) is 7.94. The minimum atomic E-state index is -0.733. The number of thiophene rings is 1. The Hall–Kier alpha value is -1.47. The van der Waals surface area contributed by atoms with E-state index >= 15 is 0 Å². The van der Waals surface area contributed by atoms with Gasteiger partial charge in [-0.15, -0.1) is 11.3 Å². The third-order valence-corrected chi connectivity index (χ3v) is 4.27. The molecule has 2 heterocycles. The number of alkyl halides is 1. The van der Waals surface area contributed by atoms with Gasteiger partial charge in [0.05, 0.1) is 18.2 Å². The highest BCUT2D eigenvalue weighted by Gasteiger charge is 2.29. The first kappa shape index (κ1) is 15.9. The van der Waals surface area contributed by atoms with Crippen LogP contribution in [0.1, 0.15) is 18.2 Å². The second kappa shape index (κ2) is 7.51. The predicted octanol–water partition coefficient (Wildman–Crippen LogP) is 2.31. The summed E-state index contributed by atoms with van der Waals surface area (Å²) in [5, 5.41) is 7.89. The second-order valence-electron chi connectivity index (χ2n) is 4.66. The van der Waals surface area contributed by atoms with Crippen molar-refractivity contribution in [1.29, 1.82) is 0 Å². The van der Waals surface area contributed by atoms with Crippen LogP contribution in [-0.2, 0) is 16.0 Å². The van der Waals surface area contributed by atoms with Gasteiger partial charge < -0.3 is 15.4 Å². The average molecular weight is 328 g/mol. The summed E-state index contributed by atoms with van der Waals surface area (Å²) in [6, 6.07) is 3.31. The third kappa shape index (κ3) is 4.25. The van der Waals surface area contributed by atoms with E-state index in [2.05, 4.69) is 10.6 Å². The Morgan fingerprint density at radius 1 is 1.57 bits per heavy atom. The van der Waals surface area contributed by atoms with Crippen LogP contribution in [0.25, 0.3) is 0 Å². The van der Waals surface area contributed by atoms with Crippen molar-refractivity contribution >= 4 is 34.6 Å². The number of allylic oxidation sites excluding steroid dienone is 1. The van der Waals surface area contributed by atoms with Gasteiger partial charge in [0.15, 0.2) is 5.11 Å². The van der Waals surface area contributed by atoms with Crippen molar-refractivity contribution in [3.8, 4) is 0 Å². The summed E-state index contributed by atoms with van der Waals surface area (Å²) < 4.78 is 18.3. The molecule has 4 nitrogen and oxygen atoms in total. The molecule has 0 aliphatic carbocycles. The summed E-state index contributed by atoms with van der Waals surface area (Å²) in [4.78, 5) is 13.3. The van der Waals surface area contributed by atoms with Gasteiger partial charge >= 0.3 is 5.97 Å². The predicted molar refractivity (Wildman–Crippen MR) is 84.9 cm³/mol. The zero-order valence-electron chi connectivity index (χ0n) is 11.6. The molecule has 1 aromatic heterocycles. The summed E-state index contributed by atoms with van der Waals surface area (Å²) in [5.74, 6) is -0.496. The van der Waals surface area contributed by atoms with Crippen LogP contribution >= 0.6 is 23.6 Å². The SMILES string of the molecule is CC1=C(C(=O)OCCCc2cccs2)C(CF)NC(=S)N1. The largest absolute Gasteiger partial charge is 0.462 e. The Kier molecular flexibility index (Phi) is 5.69. The van der Waals surface area contributed by atoms with Gasteiger partial charge in [-0.3, -0.25) is 0 Å². The van der Waals surface area contributed by atoms with Crippen molar-refractivity contribution in [2.45, 2.75) is 25.8 Å². The smallest absolute Gasteiger partial charge is 0.337 e. The van der Waals surface area contributed by atoms with Gasteiger partial charge in [-0.05, 0) is 43.4 Å². The molecule has 2 N–H and O–H groups in total. The molecule has 0 amide bonds. The fourth-order valence-electron chi connectivity index (χ4n) is 2.12. The first-order valence-electron chi connectivity index (χ1n) is 6.65. The molecule has 0 saturated carbocycles. The number of esters is 1. The van der Waals surface area contributed by atoms with E-state index in [-0.39, 0.29) is 5.57 Å². The molecule has 1 unspecified atom stereocenters. The number of ether oxygens (including phenoxy) is 1. The molecule has 114 valence electrons. The van der Waals surface area contributed by atoms with E-state index in [0.29, 0.717) is 17.4 Å². The number of carbonyl (C=O) groups is 1. The molecule has 0 spiro atoms. The number of carbonyl (C=O) groups excluding carboxylic acids is 1. The lowest BCUT2D eigenvalue weighted by Crippen LogP contribution is -2.50. The van der Waals surface area contributed by atoms with Crippen LogP contribution in [-0.4, -0.2) is 30.4 Å². The molecule has 0 fully saturated rings. The fourth-order valence-corrected chi connectivity index (χ4v) is 3.17. The average Bonchev–Trinajstić information content (AvgIpc) is 2.95. The number of rotatable bonds is 6. The summed E-state index contributed by atoms with van der Waals surface area (Å²) in [5.41, 5.74) is 0.826. The second-order valence-corrected chi connectivity index (χ2v) is 6.10. The van der Waals surface area contributed by atoms with E-state index in [0.717, 1.165) is 12.8 Å². The number of halogens is 1. The molecule has 0 aromatic carbocycles. The maximum Gasteiger partial charge on any atom is 0.337 e. The monoisotopic (exact) mass is 328 g/mol. The van der Waals surface area contributed by atoms with Gasteiger partial charge in [0, 0.05) is 10.6 Å². The van der Waals surface area contributed by atoms with Gasteiger partial charge in [0.1, 0.15) is 6.67 Å². The highest BCUT2D eigenvalue weighted by Crippen LogP contribution is 2.15. The number of aryl methyl sites for hydroxylation is 1. The molecule has 0 radical (unpaired) electrons. The van der Waals surface area contributed by atoms with Gasteiger partial charge in [-0.2, -0.15) is 0 Å². The quantitative estimate of drug-likeness (QED) is 0.477. The van der Waals surface area contributed by atoms with E-state index in [9.17, 15) is 9.18 Å². The lowest BCUT2D eigenvalue weighted by molar-refractivity contribution is -0.139. The molecular formula is C14H17FN2O2S2. The van der Waals surface area contributed by atoms with Crippen molar-refractivity contribution in [2.24, 2.45) is 0 Å². The van der Waals surface area contributed by atoms with E-state index < -0.39 is 18.7 Å². The fraction of sp³-hybridized carbons (Fsp3) is 0.429. The maximum atomic E-state index is 13.0. The molecule has 21 heavy (non-hydrogen) atoms. The van der Waals surface area contributed by atoms with Crippen LogP contribution in [0.4, 0.5) is 4.39 Å². The number of hydrogen-bond donors (Lipinski definition) is 2. The minimum absolute atomic E-state index is 0.280. The third-order valence-electron chi connectivity index (χ3n) is 3.11. The summed E-state index contributed by atoms with van der Waals surface area (Å²) in [6.07, 6.45) is 1.62. The van der Waals surface area contributed by atoms with Gasteiger partial charge in [0.2, 0.25) is 0 Å². The Bertz CT molecular complexity index is 543. The van der Waals surface area contributed by atoms with Crippen molar-refractivity contribution in [1.82, 2.24) is 10.6 Å². The molecule has 0 saturated heterocycles. The van der Waals surface area contributed by atoms with Gasteiger partial charge in [0.25, 0.3) is 0 Å². The van der Waals surface area contributed by atoms with Crippen molar-refractivity contribution in [2.75, 3.05) is 13.3 Å².